The summed E-state index contributed by atoms with van der Waals surface area (Å²) in [6.45, 7) is 11.3. The summed E-state index contributed by atoms with van der Waals surface area (Å²) in [7, 11) is 0. The summed E-state index contributed by atoms with van der Waals surface area (Å²) in [6, 6.07) is 3.70. The highest BCUT2D eigenvalue weighted by atomic mass is 14.9. The van der Waals surface area contributed by atoms with E-state index in [1.165, 1.54) is 0 Å². The standard InChI is InChI=1S/C11H9N3.C2H6/c1-3-8-9(4-2)14-11-10(13-8)6-5-7-12-11;1-2/h3-7H,1-2H2;1-2H3. The Labute approximate surface area is 95.6 Å². The molecule has 2 aromatic rings. The molecule has 0 aliphatic heterocycles. The number of rotatable bonds is 2. The Hall–Kier alpha value is -2.03. The average Bonchev–Trinajstić information content (AvgIpc) is 2.39. The van der Waals surface area contributed by atoms with E-state index < -0.39 is 0 Å². The van der Waals surface area contributed by atoms with Crippen molar-refractivity contribution in [2.45, 2.75) is 13.8 Å². The van der Waals surface area contributed by atoms with E-state index in [0.717, 1.165) is 11.2 Å². The molecule has 0 atom stereocenters. The summed E-state index contributed by atoms with van der Waals surface area (Å²) in [5.74, 6) is 0. The minimum Gasteiger partial charge on any atom is -0.243 e. The molecule has 0 bridgehead atoms. The smallest absolute Gasteiger partial charge is 0.178 e. The van der Waals surface area contributed by atoms with E-state index >= 15 is 0 Å². The lowest BCUT2D eigenvalue weighted by molar-refractivity contribution is 1.19. The highest BCUT2D eigenvalue weighted by Gasteiger charge is 2.02. The molecule has 0 unspecified atom stereocenters. The molecule has 0 spiro atoms. The molecule has 0 aliphatic rings. The van der Waals surface area contributed by atoms with Gasteiger partial charge >= 0.3 is 0 Å². The molecule has 82 valence electrons. The topological polar surface area (TPSA) is 38.7 Å². The summed E-state index contributed by atoms with van der Waals surface area (Å²) in [5.41, 5.74) is 2.85. The van der Waals surface area contributed by atoms with Crippen LogP contribution in [0.3, 0.4) is 0 Å². The summed E-state index contributed by atoms with van der Waals surface area (Å²) in [6.07, 6.45) is 5.01. The molecule has 2 aromatic heterocycles. The van der Waals surface area contributed by atoms with E-state index in [4.69, 9.17) is 0 Å². The lowest BCUT2D eigenvalue weighted by atomic mass is 10.3. The van der Waals surface area contributed by atoms with Gasteiger partial charge in [0.1, 0.15) is 5.52 Å². The van der Waals surface area contributed by atoms with E-state index in [9.17, 15) is 0 Å². The minimum atomic E-state index is 0.632. The maximum atomic E-state index is 4.35. The van der Waals surface area contributed by atoms with Crippen molar-refractivity contribution in [2.75, 3.05) is 0 Å². The zero-order valence-corrected chi connectivity index (χ0v) is 9.64. The molecule has 0 saturated carbocycles. The van der Waals surface area contributed by atoms with E-state index in [0.29, 0.717) is 11.3 Å². The molecule has 0 aromatic carbocycles. The zero-order valence-electron chi connectivity index (χ0n) is 9.64. The first-order chi connectivity index (χ1) is 7.85. The predicted molar refractivity (Wildman–Crippen MR) is 68.9 cm³/mol. The summed E-state index contributed by atoms with van der Waals surface area (Å²) in [4.78, 5) is 12.8. The van der Waals surface area contributed by atoms with E-state index in [1.54, 1.807) is 18.3 Å². The summed E-state index contributed by atoms with van der Waals surface area (Å²) in [5, 5.41) is 0. The van der Waals surface area contributed by atoms with Gasteiger partial charge in [0.15, 0.2) is 5.65 Å². The third-order valence-corrected chi connectivity index (χ3v) is 1.88. The van der Waals surface area contributed by atoms with Gasteiger partial charge in [0, 0.05) is 6.20 Å². The van der Waals surface area contributed by atoms with Gasteiger partial charge in [0.2, 0.25) is 0 Å². The lowest BCUT2D eigenvalue weighted by Gasteiger charge is -2.01. The van der Waals surface area contributed by atoms with Crippen LogP contribution in [0.1, 0.15) is 25.2 Å². The first kappa shape index (κ1) is 12.0. The monoisotopic (exact) mass is 213 g/mol. The third-order valence-electron chi connectivity index (χ3n) is 1.88. The van der Waals surface area contributed by atoms with Gasteiger partial charge in [-0.15, -0.1) is 0 Å². The Morgan fingerprint density at radius 2 is 1.69 bits per heavy atom. The van der Waals surface area contributed by atoms with E-state index in [1.807, 2.05) is 26.0 Å². The lowest BCUT2D eigenvalue weighted by Crippen LogP contribution is -1.94. The third kappa shape index (κ3) is 2.31. The van der Waals surface area contributed by atoms with Crippen LogP contribution >= 0.6 is 0 Å². The molecule has 0 fully saturated rings. The Morgan fingerprint density at radius 3 is 2.31 bits per heavy atom. The van der Waals surface area contributed by atoms with Crippen molar-refractivity contribution >= 4 is 23.3 Å². The Balaban J connectivity index is 0.000000606. The second kappa shape index (κ2) is 5.75. The molecule has 0 saturated heterocycles. The van der Waals surface area contributed by atoms with Crippen LogP contribution in [0.2, 0.25) is 0 Å². The molecule has 2 heterocycles. The van der Waals surface area contributed by atoms with Crippen molar-refractivity contribution in [3.05, 3.63) is 42.9 Å². The molecule has 0 N–H and O–H groups in total. The fraction of sp³-hybridized carbons (Fsp3) is 0.154. The van der Waals surface area contributed by atoms with E-state index in [-0.39, 0.29) is 0 Å². The number of pyridine rings is 1. The van der Waals surface area contributed by atoms with Gasteiger partial charge in [-0.1, -0.05) is 27.0 Å². The van der Waals surface area contributed by atoms with E-state index in [2.05, 4.69) is 28.1 Å². The molecule has 0 radical (unpaired) electrons. The SMILES string of the molecule is C=Cc1nc2cccnc2nc1C=C.CC. The maximum Gasteiger partial charge on any atom is 0.178 e. The summed E-state index contributed by atoms with van der Waals surface area (Å²) < 4.78 is 0. The molecule has 0 aliphatic carbocycles. The predicted octanol–water partition coefficient (Wildman–Crippen LogP) is 3.34. The summed E-state index contributed by atoms with van der Waals surface area (Å²) >= 11 is 0. The van der Waals surface area contributed by atoms with Crippen LogP contribution < -0.4 is 0 Å². The first-order valence-electron chi connectivity index (χ1n) is 5.23. The number of nitrogens with zero attached hydrogens (tertiary/aromatic N) is 3. The number of hydrogen-bond acceptors (Lipinski definition) is 3. The quantitative estimate of drug-likeness (QED) is 0.768. The average molecular weight is 213 g/mol. The van der Waals surface area contributed by atoms with Crippen LogP contribution in [-0.2, 0) is 0 Å². The Kier molecular flexibility index (Phi) is 4.33. The van der Waals surface area contributed by atoms with Crippen LogP contribution in [-0.4, -0.2) is 15.0 Å². The fourth-order valence-electron chi connectivity index (χ4n) is 1.22. The van der Waals surface area contributed by atoms with Crippen LogP contribution in [0.25, 0.3) is 23.3 Å². The van der Waals surface area contributed by atoms with Gasteiger partial charge in [0.05, 0.1) is 11.4 Å². The highest BCUT2D eigenvalue weighted by molar-refractivity contribution is 5.73. The van der Waals surface area contributed by atoms with Crippen molar-refractivity contribution in [1.29, 1.82) is 0 Å². The molecule has 2 rings (SSSR count). The second-order valence-corrected chi connectivity index (χ2v) is 2.75. The minimum absolute atomic E-state index is 0.632. The zero-order chi connectivity index (χ0) is 12.0. The van der Waals surface area contributed by atoms with Gasteiger partial charge in [0.25, 0.3) is 0 Å². The molecule has 3 heteroatoms. The van der Waals surface area contributed by atoms with Gasteiger partial charge in [-0.3, -0.25) is 0 Å². The van der Waals surface area contributed by atoms with Crippen LogP contribution in [0, 0.1) is 0 Å². The normalized spacial score (nSPS) is 9.12. The highest BCUT2D eigenvalue weighted by Crippen LogP contribution is 2.12. The van der Waals surface area contributed by atoms with Crippen molar-refractivity contribution in [2.24, 2.45) is 0 Å². The Morgan fingerprint density at radius 1 is 1.06 bits per heavy atom. The molecule has 3 nitrogen and oxygen atoms in total. The number of aromatic nitrogens is 3. The largest absolute Gasteiger partial charge is 0.243 e. The van der Waals surface area contributed by atoms with Crippen molar-refractivity contribution in [1.82, 2.24) is 15.0 Å². The molecule has 16 heavy (non-hydrogen) atoms. The van der Waals surface area contributed by atoms with Gasteiger partial charge in [-0.05, 0) is 24.3 Å². The molecular formula is C13H15N3. The van der Waals surface area contributed by atoms with Crippen LogP contribution in [0.15, 0.2) is 31.5 Å². The van der Waals surface area contributed by atoms with Crippen LogP contribution in [0.4, 0.5) is 0 Å². The van der Waals surface area contributed by atoms with Crippen molar-refractivity contribution < 1.29 is 0 Å². The molecule has 0 amide bonds. The second-order valence-electron chi connectivity index (χ2n) is 2.75. The maximum absolute atomic E-state index is 4.35. The van der Waals surface area contributed by atoms with Gasteiger partial charge in [-0.2, -0.15) is 0 Å². The first-order valence-corrected chi connectivity index (χ1v) is 5.23. The number of fused-ring (bicyclic) bond motifs is 1. The van der Waals surface area contributed by atoms with Crippen molar-refractivity contribution in [3.8, 4) is 0 Å². The number of hydrogen-bond donors (Lipinski definition) is 0. The van der Waals surface area contributed by atoms with Crippen LogP contribution in [0.5, 0.6) is 0 Å². The van der Waals surface area contributed by atoms with Crippen molar-refractivity contribution in [3.63, 3.8) is 0 Å². The Bertz CT molecular complexity index is 457. The fourth-order valence-corrected chi connectivity index (χ4v) is 1.22. The molecular weight excluding hydrogens is 198 g/mol. The van der Waals surface area contributed by atoms with Gasteiger partial charge < -0.3 is 0 Å². The van der Waals surface area contributed by atoms with Gasteiger partial charge in [-0.25, -0.2) is 15.0 Å².